The highest BCUT2D eigenvalue weighted by Gasteiger charge is 2.08. The zero-order valence-electron chi connectivity index (χ0n) is 12.3. The molecule has 2 aromatic rings. The van der Waals surface area contributed by atoms with Crippen LogP contribution < -0.4 is 10.6 Å². The van der Waals surface area contributed by atoms with Crippen molar-refractivity contribution in [2.75, 3.05) is 35.7 Å². The van der Waals surface area contributed by atoms with Crippen molar-refractivity contribution in [1.29, 1.82) is 0 Å². The van der Waals surface area contributed by atoms with Crippen molar-refractivity contribution in [3.05, 3.63) is 24.3 Å². The van der Waals surface area contributed by atoms with Crippen LogP contribution in [0.3, 0.4) is 0 Å². The molecule has 0 saturated heterocycles. The van der Waals surface area contributed by atoms with E-state index in [1.807, 2.05) is 36.9 Å². The summed E-state index contributed by atoms with van der Waals surface area (Å²) in [7, 11) is 0. The Bertz CT molecular complexity index is 559. The summed E-state index contributed by atoms with van der Waals surface area (Å²) in [5.74, 6) is 3.36. The van der Waals surface area contributed by atoms with Crippen LogP contribution in [-0.4, -0.2) is 35.1 Å². The molecule has 0 saturated carbocycles. The minimum absolute atomic E-state index is 0.612. The summed E-state index contributed by atoms with van der Waals surface area (Å²) in [6.07, 6.45) is 2.14. The van der Waals surface area contributed by atoms with Gasteiger partial charge < -0.3 is 10.6 Å². The van der Waals surface area contributed by atoms with Crippen LogP contribution in [0.2, 0.25) is 0 Å². The Labute approximate surface area is 124 Å². The molecule has 0 aliphatic carbocycles. The molecule has 1 atom stereocenters. The Kier molecular flexibility index (Phi) is 5.47. The lowest BCUT2D eigenvalue weighted by Crippen LogP contribution is -2.15. The molecule has 0 radical (unpaired) electrons. The first-order valence-electron chi connectivity index (χ1n) is 6.98. The summed E-state index contributed by atoms with van der Waals surface area (Å²) in [6, 6.07) is 8.11. The summed E-state index contributed by atoms with van der Waals surface area (Å²) < 4.78 is 0. The molecule has 108 valence electrons. The Balaban J connectivity index is 2.25. The van der Waals surface area contributed by atoms with Gasteiger partial charge in [0.1, 0.15) is 5.82 Å². The maximum absolute atomic E-state index is 4.58. The quantitative estimate of drug-likeness (QED) is 0.817. The van der Waals surface area contributed by atoms with Gasteiger partial charge in [-0.3, -0.25) is 0 Å². The van der Waals surface area contributed by atoms with E-state index in [1.54, 1.807) is 0 Å². The van der Waals surface area contributed by atoms with Gasteiger partial charge in [0.25, 0.3) is 0 Å². The van der Waals surface area contributed by atoms with Gasteiger partial charge in [-0.15, -0.1) is 0 Å². The third-order valence-corrected chi connectivity index (χ3v) is 3.91. The predicted molar refractivity (Wildman–Crippen MR) is 89.7 cm³/mol. The summed E-state index contributed by atoms with van der Waals surface area (Å²) in [4.78, 5) is 9.11. The van der Waals surface area contributed by atoms with E-state index in [-0.39, 0.29) is 0 Å². The molecule has 1 aromatic heterocycles. The van der Waals surface area contributed by atoms with Gasteiger partial charge in [0.2, 0.25) is 5.95 Å². The molecule has 0 spiro atoms. The highest BCUT2D eigenvalue weighted by molar-refractivity contribution is 7.98. The summed E-state index contributed by atoms with van der Waals surface area (Å²) >= 11 is 1.87. The summed E-state index contributed by atoms with van der Waals surface area (Å²) in [6.45, 7) is 6.04. The molecule has 0 bridgehead atoms. The lowest BCUT2D eigenvalue weighted by atomic mass is 10.2. The zero-order chi connectivity index (χ0) is 14.4. The van der Waals surface area contributed by atoms with Crippen molar-refractivity contribution in [3.63, 3.8) is 0 Å². The Hall–Kier alpha value is -1.49. The number of rotatable bonds is 7. The highest BCUT2D eigenvalue weighted by Crippen LogP contribution is 2.22. The average molecular weight is 290 g/mol. The first kappa shape index (κ1) is 14.9. The lowest BCUT2D eigenvalue weighted by Gasteiger charge is -2.14. The van der Waals surface area contributed by atoms with Gasteiger partial charge in [-0.1, -0.05) is 19.1 Å². The number of nitrogens with zero attached hydrogens (tertiary/aromatic N) is 2. The normalized spacial score (nSPS) is 12.3. The number of thioether (sulfide) groups is 1. The van der Waals surface area contributed by atoms with Gasteiger partial charge in [-0.2, -0.15) is 16.7 Å². The van der Waals surface area contributed by atoms with Gasteiger partial charge in [0, 0.05) is 18.5 Å². The summed E-state index contributed by atoms with van der Waals surface area (Å²) in [5, 5.41) is 7.73. The second-order valence-corrected chi connectivity index (χ2v) is 5.80. The zero-order valence-corrected chi connectivity index (χ0v) is 13.1. The van der Waals surface area contributed by atoms with Crippen LogP contribution in [0.25, 0.3) is 10.9 Å². The van der Waals surface area contributed by atoms with E-state index in [2.05, 4.69) is 39.8 Å². The number of fused-ring (bicyclic) bond motifs is 1. The number of anilines is 2. The fourth-order valence-electron chi connectivity index (χ4n) is 2.06. The van der Waals surface area contributed by atoms with Crippen LogP contribution in [0, 0.1) is 5.92 Å². The number of nitrogens with one attached hydrogen (secondary N) is 2. The third-order valence-electron chi connectivity index (χ3n) is 3.01. The minimum Gasteiger partial charge on any atom is -0.369 e. The maximum atomic E-state index is 4.58. The van der Waals surface area contributed by atoms with E-state index in [0.717, 1.165) is 35.6 Å². The van der Waals surface area contributed by atoms with Crippen molar-refractivity contribution in [3.8, 4) is 0 Å². The molecule has 1 aromatic carbocycles. The minimum atomic E-state index is 0.612. The second kappa shape index (κ2) is 7.33. The molecule has 2 rings (SSSR count). The third kappa shape index (κ3) is 3.76. The van der Waals surface area contributed by atoms with Gasteiger partial charge in [0.05, 0.1) is 5.52 Å². The van der Waals surface area contributed by atoms with Crippen LogP contribution >= 0.6 is 11.8 Å². The van der Waals surface area contributed by atoms with Gasteiger partial charge in [0.15, 0.2) is 0 Å². The second-order valence-electron chi connectivity index (χ2n) is 4.88. The van der Waals surface area contributed by atoms with E-state index in [4.69, 9.17) is 0 Å². The molecular formula is C15H22N4S. The monoisotopic (exact) mass is 290 g/mol. The van der Waals surface area contributed by atoms with Crippen molar-refractivity contribution in [1.82, 2.24) is 9.97 Å². The molecule has 0 amide bonds. The molecule has 2 N–H and O–H groups in total. The predicted octanol–water partition coefficient (Wildman–Crippen LogP) is 3.47. The molecular weight excluding hydrogens is 268 g/mol. The molecule has 1 heterocycles. The average Bonchev–Trinajstić information content (AvgIpc) is 2.45. The molecule has 0 aliphatic rings. The first-order valence-corrected chi connectivity index (χ1v) is 8.37. The topological polar surface area (TPSA) is 49.8 Å². The van der Waals surface area contributed by atoms with Crippen LogP contribution in [0.15, 0.2) is 24.3 Å². The lowest BCUT2D eigenvalue weighted by molar-refractivity contribution is 0.700. The van der Waals surface area contributed by atoms with Crippen LogP contribution in [0.1, 0.15) is 13.8 Å². The molecule has 20 heavy (non-hydrogen) atoms. The van der Waals surface area contributed by atoms with E-state index < -0.39 is 0 Å². The Morgan fingerprint density at radius 1 is 1.20 bits per heavy atom. The van der Waals surface area contributed by atoms with Crippen molar-refractivity contribution in [2.24, 2.45) is 5.92 Å². The molecule has 5 heteroatoms. The van der Waals surface area contributed by atoms with Crippen LogP contribution in [0.5, 0.6) is 0 Å². The number of aromatic nitrogens is 2. The Morgan fingerprint density at radius 3 is 2.75 bits per heavy atom. The van der Waals surface area contributed by atoms with Gasteiger partial charge in [-0.25, -0.2) is 4.98 Å². The SMILES string of the molecule is CCNc1nc(NCC(C)CSC)c2ccccc2n1. The van der Waals surface area contributed by atoms with E-state index >= 15 is 0 Å². The molecule has 0 aliphatic heterocycles. The van der Waals surface area contributed by atoms with Gasteiger partial charge >= 0.3 is 0 Å². The van der Waals surface area contributed by atoms with Crippen LogP contribution in [0.4, 0.5) is 11.8 Å². The standard InChI is InChI=1S/C15H22N4S/c1-4-16-15-18-13-8-6-5-7-12(13)14(19-15)17-9-11(2)10-20-3/h5-8,11H,4,9-10H2,1-3H3,(H2,16,17,18,19). The maximum Gasteiger partial charge on any atom is 0.225 e. The number of hydrogen-bond donors (Lipinski definition) is 2. The molecule has 4 nitrogen and oxygen atoms in total. The molecule has 0 fully saturated rings. The smallest absolute Gasteiger partial charge is 0.225 e. The van der Waals surface area contributed by atoms with E-state index in [1.165, 1.54) is 0 Å². The van der Waals surface area contributed by atoms with Crippen molar-refractivity contribution >= 4 is 34.4 Å². The van der Waals surface area contributed by atoms with Gasteiger partial charge in [-0.05, 0) is 37.0 Å². The number of hydrogen-bond acceptors (Lipinski definition) is 5. The van der Waals surface area contributed by atoms with E-state index in [0.29, 0.717) is 11.9 Å². The van der Waals surface area contributed by atoms with Crippen LogP contribution in [-0.2, 0) is 0 Å². The van der Waals surface area contributed by atoms with Crippen molar-refractivity contribution in [2.45, 2.75) is 13.8 Å². The fourth-order valence-corrected chi connectivity index (χ4v) is 2.75. The molecule has 1 unspecified atom stereocenters. The first-order chi connectivity index (χ1) is 9.74. The largest absolute Gasteiger partial charge is 0.369 e. The van der Waals surface area contributed by atoms with Crippen molar-refractivity contribution < 1.29 is 0 Å². The number of para-hydroxylation sites is 1. The Morgan fingerprint density at radius 2 is 2.00 bits per heavy atom. The number of benzene rings is 1. The summed E-state index contributed by atoms with van der Waals surface area (Å²) in [5.41, 5.74) is 0.971. The van der Waals surface area contributed by atoms with E-state index in [9.17, 15) is 0 Å². The fraction of sp³-hybridized carbons (Fsp3) is 0.467. The highest BCUT2D eigenvalue weighted by atomic mass is 32.2.